The van der Waals surface area contributed by atoms with Crippen molar-refractivity contribution in [1.82, 2.24) is 14.5 Å². The highest BCUT2D eigenvalue weighted by Gasteiger charge is 2.29. The van der Waals surface area contributed by atoms with E-state index in [1.807, 2.05) is 11.8 Å². The predicted molar refractivity (Wildman–Crippen MR) is 94.1 cm³/mol. The number of carbonyl (C=O) groups excluding carboxylic acids is 1. The first-order valence-electron chi connectivity index (χ1n) is 8.37. The zero-order valence-corrected chi connectivity index (χ0v) is 15.4. The second-order valence-corrected chi connectivity index (χ2v) is 8.53. The molecule has 2 rings (SSSR count). The quantitative estimate of drug-likeness (QED) is 0.833. The molecule has 1 aromatic carbocycles. The zero-order chi connectivity index (χ0) is 17.7. The van der Waals surface area contributed by atoms with Crippen LogP contribution in [-0.2, 0) is 14.8 Å². The molecule has 0 radical (unpaired) electrons. The molecule has 6 nitrogen and oxygen atoms in total. The fraction of sp³-hybridized carbons (Fsp3) is 0.588. The van der Waals surface area contributed by atoms with Gasteiger partial charge in [0, 0.05) is 32.2 Å². The third kappa shape index (κ3) is 4.78. The number of sulfonamides is 1. The fourth-order valence-electron chi connectivity index (χ4n) is 2.54. The van der Waals surface area contributed by atoms with Gasteiger partial charge in [-0.1, -0.05) is 32.0 Å². The molecule has 1 atom stereocenters. The lowest BCUT2D eigenvalue weighted by atomic mass is 10.1. The number of hydrogen-bond acceptors (Lipinski definition) is 4. The van der Waals surface area contributed by atoms with Crippen LogP contribution in [0.15, 0.2) is 35.2 Å². The van der Waals surface area contributed by atoms with Gasteiger partial charge in [0.1, 0.15) is 0 Å². The molecule has 0 spiro atoms. The second-order valence-electron chi connectivity index (χ2n) is 6.59. The summed E-state index contributed by atoms with van der Waals surface area (Å²) in [6.07, 6.45) is 0. The number of nitrogens with one attached hydrogen (secondary N) is 1. The van der Waals surface area contributed by atoms with Crippen molar-refractivity contribution in [3.05, 3.63) is 30.3 Å². The average molecular weight is 353 g/mol. The van der Waals surface area contributed by atoms with Gasteiger partial charge in [0.2, 0.25) is 15.9 Å². The number of hydrogen-bond donors (Lipinski definition) is 1. The molecular formula is C17H27N3O3S. The van der Waals surface area contributed by atoms with Gasteiger partial charge in [0.25, 0.3) is 0 Å². The first-order valence-corrected chi connectivity index (χ1v) is 9.81. The van der Waals surface area contributed by atoms with Crippen molar-refractivity contribution in [3.8, 4) is 0 Å². The standard InChI is InChI=1S/C17H27N3O3S/c1-14(2)15(3)18-17(21)13-19-9-11-20(12-10-19)24(22,23)16-7-5-4-6-8-16/h4-8,14-15H,9-13H2,1-3H3,(H,18,21). The molecule has 0 aromatic heterocycles. The van der Waals surface area contributed by atoms with Gasteiger partial charge in [0.05, 0.1) is 11.4 Å². The summed E-state index contributed by atoms with van der Waals surface area (Å²) in [5, 5.41) is 2.98. The van der Waals surface area contributed by atoms with E-state index >= 15 is 0 Å². The average Bonchev–Trinajstić information content (AvgIpc) is 2.56. The molecule has 1 amide bonds. The second kappa shape index (κ2) is 8.09. The largest absolute Gasteiger partial charge is 0.352 e. The maximum absolute atomic E-state index is 12.6. The van der Waals surface area contributed by atoms with Crippen LogP contribution in [0, 0.1) is 5.92 Å². The van der Waals surface area contributed by atoms with Crippen LogP contribution in [0.1, 0.15) is 20.8 Å². The van der Waals surface area contributed by atoms with Crippen molar-refractivity contribution in [3.63, 3.8) is 0 Å². The van der Waals surface area contributed by atoms with Crippen molar-refractivity contribution < 1.29 is 13.2 Å². The zero-order valence-electron chi connectivity index (χ0n) is 14.6. The van der Waals surface area contributed by atoms with Gasteiger partial charge in [-0.05, 0) is 25.0 Å². The van der Waals surface area contributed by atoms with Gasteiger partial charge in [-0.3, -0.25) is 9.69 Å². The summed E-state index contributed by atoms with van der Waals surface area (Å²) in [5.41, 5.74) is 0. The first kappa shape index (κ1) is 18.9. The van der Waals surface area contributed by atoms with E-state index in [1.165, 1.54) is 4.31 Å². The number of nitrogens with zero attached hydrogens (tertiary/aromatic N) is 2. The number of piperazine rings is 1. The van der Waals surface area contributed by atoms with Gasteiger partial charge in [0.15, 0.2) is 0 Å². The van der Waals surface area contributed by atoms with Crippen LogP contribution in [-0.4, -0.2) is 62.3 Å². The Kier molecular flexibility index (Phi) is 6.37. The van der Waals surface area contributed by atoms with Crippen LogP contribution in [0.25, 0.3) is 0 Å². The van der Waals surface area contributed by atoms with E-state index in [4.69, 9.17) is 0 Å². The van der Waals surface area contributed by atoms with Crippen LogP contribution in [0.5, 0.6) is 0 Å². The van der Waals surface area contributed by atoms with E-state index in [2.05, 4.69) is 19.2 Å². The molecule has 0 bridgehead atoms. The van der Waals surface area contributed by atoms with E-state index in [9.17, 15) is 13.2 Å². The molecule has 1 fully saturated rings. The Bertz CT molecular complexity index is 638. The van der Waals surface area contributed by atoms with Crippen LogP contribution >= 0.6 is 0 Å². The third-order valence-electron chi connectivity index (χ3n) is 4.47. The maximum atomic E-state index is 12.6. The molecule has 1 N–H and O–H groups in total. The Morgan fingerprint density at radius 3 is 2.21 bits per heavy atom. The molecular weight excluding hydrogens is 326 g/mol. The highest BCUT2D eigenvalue weighted by molar-refractivity contribution is 7.89. The number of carbonyl (C=O) groups is 1. The summed E-state index contributed by atoms with van der Waals surface area (Å²) in [7, 11) is -3.44. The summed E-state index contributed by atoms with van der Waals surface area (Å²) in [4.78, 5) is 14.4. The molecule has 0 aliphatic carbocycles. The Hall–Kier alpha value is -1.44. The lowest BCUT2D eigenvalue weighted by molar-refractivity contribution is -0.123. The topological polar surface area (TPSA) is 69.7 Å². The van der Waals surface area contributed by atoms with Crippen molar-refractivity contribution in [2.24, 2.45) is 5.92 Å². The summed E-state index contributed by atoms with van der Waals surface area (Å²) < 4.78 is 26.6. The van der Waals surface area contributed by atoms with Crippen LogP contribution in [0.4, 0.5) is 0 Å². The normalized spacial score (nSPS) is 18.5. The summed E-state index contributed by atoms with van der Waals surface area (Å²) in [6, 6.07) is 8.61. The molecule has 0 saturated carbocycles. The van der Waals surface area contributed by atoms with Crippen molar-refractivity contribution in [2.75, 3.05) is 32.7 Å². The van der Waals surface area contributed by atoms with Crippen LogP contribution in [0.3, 0.4) is 0 Å². The van der Waals surface area contributed by atoms with Crippen LogP contribution in [0.2, 0.25) is 0 Å². The number of rotatable bonds is 6. The highest BCUT2D eigenvalue weighted by Crippen LogP contribution is 2.17. The number of benzene rings is 1. The summed E-state index contributed by atoms with van der Waals surface area (Å²) >= 11 is 0. The molecule has 1 aromatic rings. The molecule has 24 heavy (non-hydrogen) atoms. The monoisotopic (exact) mass is 353 g/mol. The minimum Gasteiger partial charge on any atom is -0.352 e. The number of amides is 1. The Morgan fingerprint density at radius 2 is 1.67 bits per heavy atom. The van der Waals surface area contributed by atoms with E-state index in [0.717, 1.165) is 0 Å². The van der Waals surface area contributed by atoms with Crippen LogP contribution < -0.4 is 5.32 Å². The molecule has 1 aliphatic rings. The Labute approximate surface area is 144 Å². The van der Waals surface area contributed by atoms with Gasteiger partial charge < -0.3 is 5.32 Å². The molecule has 1 heterocycles. The minimum atomic E-state index is -3.44. The van der Waals surface area contributed by atoms with E-state index in [1.54, 1.807) is 30.3 Å². The lowest BCUT2D eigenvalue weighted by Crippen LogP contribution is -2.51. The molecule has 1 aliphatic heterocycles. The van der Waals surface area contributed by atoms with Crippen molar-refractivity contribution in [1.29, 1.82) is 0 Å². The molecule has 1 saturated heterocycles. The van der Waals surface area contributed by atoms with E-state index < -0.39 is 10.0 Å². The minimum absolute atomic E-state index is 0.00411. The van der Waals surface area contributed by atoms with E-state index in [0.29, 0.717) is 43.5 Å². The van der Waals surface area contributed by atoms with Gasteiger partial charge in [-0.15, -0.1) is 0 Å². The van der Waals surface area contributed by atoms with Gasteiger partial charge in [-0.25, -0.2) is 8.42 Å². The summed E-state index contributed by atoms with van der Waals surface area (Å²) in [6.45, 7) is 8.39. The van der Waals surface area contributed by atoms with Crippen molar-refractivity contribution in [2.45, 2.75) is 31.7 Å². The van der Waals surface area contributed by atoms with Gasteiger partial charge in [-0.2, -0.15) is 4.31 Å². The molecule has 1 unspecified atom stereocenters. The third-order valence-corrected chi connectivity index (χ3v) is 6.38. The fourth-order valence-corrected chi connectivity index (χ4v) is 3.98. The van der Waals surface area contributed by atoms with Gasteiger partial charge >= 0.3 is 0 Å². The Balaban J connectivity index is 1.86. The maximum Gasteiger partial charge on any atom is 0.243 e. The summed E-state index contributed by atoms with van der Waals surface area (Å²) in [5.74, 6) is 0.386. The molecule has 134 valence electrons. The first-order chi connectivity index (χ1) is 11.3. The lowest BCUT2D eigenvalue weighted by Gasteiger charge is -2.33. The smallest absolute Gasteiger partial charge is 0.243 e. The SMILES string of the molecule is CC(C)C(C)NC(=O)CN1CCN(S(=O)(=O)c2ccccc2)CC1. The predicted octanol–water partition coefficient (Wildman–Crippen LogP) is 1.15. The van der Waals surface area contributed by atoms with E-state index in [-0.39, 0.29) is 11.9 Å². The molecule has 7 heteroatoms. The Morgan fingerprint density at radius 1 is 1.08 bits per heavy atom. The van der Waals surface area contributed by atoms with Crippen molar-refractivity contribution >= 4 is 15.9 Å². The highest BCUT2D eigenvalue weighted by atomic mass is 32.2.